The van der Waals surface area contributed by atoms with E-state index in [0.29, 0.717) is 6.04 Å². The van der Waals surface area contributed by atoms with Crippen molar-refractivity contribution in [2.24, 2.45) is 0 Å². The van der Waals surface area contributed by atoms with Crippen LogP contribution in [0.25, 0.3) is 10.9 Å². The highest BCUT2D eigenvalue weighted by atomic mass is 16.5. The summed E-state index contributed by atoms with van der Waals surface area (Å²) < 4.78 is 4.92. The number of nitrogens with zero attached hydrogens (tertiary/aromatic N) is 1. The number of hydrogen-bond donors (Lipinski definition) is 1. The number of esters is 1. The molecule has 4 heteroatoms. The molecule has 2 aromatic rings. The Bertz CT molecular complexity index is 603. The van der Waals surface area contributed by atoms with Gasteiger partial charge in [-0.3, -0.25) is 10.3 Å². The van der Waals surface area contributed by atoms with E-state index in [0.717, 1.165) is 29.3 Å². The number of hydrogen-bond acceptors (Lipinski definition) is 4. The maximum absolute atomic E-state index is 12.0. The topological polar surface area (TPSA) is 51.2 Å². The molecule has 4 nitrogen and oxygen atoms in total. The van der Waals surface area contributed by atoms with E-state index in [2.05, 4.69) is 10.3 Å². The molecule has 0 saturated heterocycles. The largest absolute Gasteiger partial charge is 0.468 e. The Labute approximate surface area is 111 Å². The van der Waals surface area contributed by atoms with Crippen LogP contribution in [0.3, 0.4) is 0 Å². The third kappa shape index (κ3) is 2.44. The first-order chi connectivity index (χ1) is 9.29. The summed E-state index contributed by atoms with van der Waals surface area (Å²) in [5.41, 5.74) is 1.74. The summed E-state index contributed by atoms with van der Waals surface area (Å²) in [6, 6.07) is 9.76. The molecule has 0 radical (unpaired) electrons. The van der Waals surface area contributed by atoms with Gasteiger partial charge in [0.1, 0.15) is 6.04 Å². The first kappa shape index (κ1) is 12.1. The van der Waals surface area contributed by atoms with Crippen molar-refractivity contribution in [3.63, 3.8) is 0 Å². The van der Waals surface area contributed by atoms with Gasteiger partial charge in [0, 0.05) is 23.2 Å². The Morgan fingerprint density at radius 2 is 2.16 bits per heavy atom. The summed E-state index contributed by atoms with van der Waals surface area (Å²) in [4.78, 5) is 16.4. The minimum atomic E-state index is -0.434. The number of ether oxygens (including phenoxy) is 1. The van der Waals surface area contributed by atoms with Crippen LogP contribution in [0.5, 0.6) is 0 Å². The van der Waals surface area contributed by atoms with Crippen molar-refractivity contribution in [2.75, 3.05) is 7.11 Å². The molecule has 98 valence electrons. The van der Waals surface area contributed by atoms with E-state index in [-0.39, 0.29) is 5.97 Å². The van der Waals surface area contributed by atoms with Gasteiger partial charge in [-0.2, -0.15) is 0 Å². The maximum atomic E-state index is 12.0. The quantitative estimate of drug-likeness (QED) is 0.852. The number of aromatic nitrogens is 1. The van der Waals surface area contributed by atoms with Crippen LogP contribution in [-0.2, 0) is 9.53 Å². The predicted molar refractivity (Wildman–Crippen MR) is 72.7 cm³/mol. The fourth-order valence-corrected chi connectivity index (χ4v) is 2.25. The molecule has 1 aliphatic carbocycles. The number of nitrogens with one attached hydrogen (secondary N) is 1. The number of carbonyl (C=O) groups is 1. The van der Waals surface area contributed by atoms with E-state index in [9.17, 15) is 4.79 Å². The number of benzene rings is 1. The molecule has 1 saturated carbocycles. The zero-order valence-corrected chi connectivity index (χ0v) is 10.8. The van der Waals surface area contributed by atoms with Gasteiger partial charge in [-0.15, -0.1) is 0 Å². The van der Waals surface area contributed by atoms with Gasteiger partial charge in [-0.1, -0.05) is 24.3 Å². The minimum Gasteiger partial charge on any atom is -0.468 e. The highest BCUT2D eigenvalue weighted by molar-refractivity contribution is 5.88. The number of fused-ring (bicyclic) bond motifs is 1. The minimum absolute atomic E-state index is 0.259. The van der Waals surface area contributed by atoms with Gasteiger partial charge in [-0.25, -0.2) is 4.79 Å². The second kappa shape index (κ2) is 4.97. The van der Waals surface area contributed by atoms with Crippen molar-refractivity contribution in [1.82, 2.24) is 10.3 Å². The maximum Gasteiger partial charge on any atom is 0.327 e. The lowest BCUT2D eigenvalue weighted by Gasteiger charge is -2.17. The predicted octanol–water partition coefficient (Wildman–Crippen LogP) is 2.20. The van der Waals surface area contributed by atoms with E-state index >= 15 is 0 Å². The fraction of sp³-hybridized carbons (Fsp3) is 0.333. The van der Waals surface area contributed by atoms with E-state index in [4.69, 9.17) is 4.74 Å². The molecule has 1 fully saturated rings. The summed E-state index contributed by atoms with van der Waals surface area (Å²) in [5.74, 6) is -0.259. The lowest BCUT2D eigenvalue weighted by molar-refractivity contribution is -0.143. The Morgan fingerprint density at radius 3 is 2.89 bits per heavy atom. The summed E-state index contributed by atoms with van der Waals surface area (Å²) in [7, 11) is 1.42. The van der Waals surface area contributed by atoms with Crippen LogP contribution in [0.15, 0.2) is 36.5 Å². The van der Waals surface area contributed by atoms with Gasteiger partial charge in [0.05, 0.1) is 12.6 Å². The molecule has 1 aromatic carbocycles. The summed E-state index contributed by atoms with van der Waals surface area (Å²) in [6.07, 6.45) is 3.98. The average molecular weight is 256 g/mol. The van der Waals surface area contributed by atoms with E-state index in [1.165, 1.54) is 7.11 Å². The third-order valence-electron chi connectivity index (χ3n) is 3.39. The molecule has 0 spiro atoms. The Hall–Kier alpha value is -1.94. The van der Waals surface area contributed by atoms with Gasteiger partial charge in [-0.05, 0) is 18.9 Å². The Balaban J connectivity index is 2.05. The molecule has 1 aliphatic rings. The average Bonchev–Trinajstić information content (AvgIpc) is 3.27. The summed E-state index contributed by atoms with van der Waals surface area (Å²) in [5, 5.41) is 4.37. The van der Waals surface area contributed by atoms with Crippen LogP contribution in [0.4, 0.5) is 0 Å². The first-order valence-electron chi connectivity index (χ1n) is 6.47. The Kier molecular flexibility index (Phi) is 3.17. The fourth-order valence-electron chi connectivity index (χ4n) is 2.25. The van der Waals surface area contributed by atoms with E-state index in [1.807, 2.05) is 30.3 Å². The van der Waals surface area contributed by atoms with Crippen LogP contribution < -0.4 is 5.32 Å². The molecule has 1 heterocycles. The monoisotopic (exact) mass is 256 g/mol. The highest BCUT2D eigenvalue weighted by Crippen LogP contribution is 2.28. The van der Waals surface area contributed by atoms with Crippen molar-refractivity contribution in [3.8, 4) is 0 Å². The van der Waals surface area contributed by atoms with E-state index < -0.39 is 6.04 Å². The third-order valence-corrected chi connectivity index (χ3v) is 3.39. The SMILES string of the molecule is COC(=O)C(NC1CC1)c1cccc2cccnc12. The first-order valence-corrected chi connectivity index (χ1v) is 6.47. The zero-order chi connectivity index (χ0) is 13.2. The lowest BCUT2D eigenvalue weighted by atomic mass is 10.0. The number of carbonyl (C=O) groups excluding carboxylic acids is 1. The van der Waals surface area contributed by atoms with Crippen molar-refractivity contribution >= 4 is 16.9 Å². The van der Waals surface area contributed by atoms with Crippen molar-refractivity contribution in [2.45, 2.75) is 24.9 Å². The number of methoxy groups -OCH3 is 1. The Morgan fingerprint density at radius 1 is 1.37 bits per heavy atom. The van der Waals surface area contributed by atoms with Gasteiger partial charge in [0.2, 0.25) is 0 Å². The van der Waals surface area contributed by atoms with Crippen LogP contribution in [0.1, 0.15) is 24.4 Å². The van der Waals surface area contributed by atoms with Crippen LogP contribution in [-0.4, -0.2) is 24.1 Å². The van der Waals surface area contributed by atoms with Crippen LogP contribution in [0, 0.1) is 0 Å². The summed E-state index contributed by atoms with van der Waals surface area (Å²) >= 11 is 0. The molecule has 0 amide bonds. The molecular formula is C15H16N2O2. The molecule has 1 aromatic heterocycles. The molecule has 1 atom stereocenters. The molecule has 1 N–H and O–H groups in total. The number of rotatable bonds is 4. The molecular weight excluding hydrogens is 240 g/mol. The van der Waals surface area contributed by atoms with Crippen LogP contribution >= 0.6 is 0 Å². The lowest BCUT2D eigenvalue weighted by Crippen LogP contribution is -2.31. The number of pyridine rings is 1. The second-order valence-corrected chi connectivity index (χ2v) is 4.82. The normalized spacial score (nSPS) is 16.3. The molecule has 0 aliphatic heterocycles. The van der Waals surface area contributed by atoms with Gasteiger partial charge in [0.25, 0.3) is 0 Å². The molecule has 3 rings (SSSR count). The van der Waals surface area contributed by atoms with Gasteiger partial charge in [0.15, 0.2) is 0 Å². The van der Waals surface area contributed by atoms with E-state index in [1.54, 1.807) is 6.20 Å². The van der Waals surface area contributed by atoms with Crippen molar-refractivity contribution in [1.29, 1.82) is 0 Å². The van der Waals surface area contributed by atoms with Crippen molar-refractivity contribution < 1.29 is 9.53 Å². The standard InChI is InChI=1S/C15H16N2O2/c1-19-15(18)14(17-11-7-8-11)12-6-2-4-10-5-3-9-16-13(10)12/h2-6,9,11,14,17H,7-8H2,1H3. The summed E-state index contributed by atoms with van der Waals surface area (Å²) in [6.45, 7) is 0. The highest BCUT2D eigenvalue weighted by Gasteiger charge is 2.31. The van der Waals surface area contributed by atoms with Gasteiger partial charge >= 0.3 is 5.97 Å². The molecule has 1 unspecified atom stereocenters. The second-order valence-electron chi connectivity index (χ2n) is 4.82. The molecule has 0 bridgehead atoms. The smallest absolute Gasteiger partial charge is 0.327 e. The van der Waals surface area contributed by atoms with Gasteiger partial charge < -0.3 is 4.74 Å². The zero-order valence-electron chi connectivity index (χ0n) is 10.8. The van der Waals surface area contributed by atoms with Crippen molar-refractivity contribution in [3.05, 3.63) is 42.1 Å². The van der Waals surface area contributed by atoms with Crippen LogP contribution in [0.2, 0.25) is 0 Å². The molecule has 19 heavy (non-hydrogen) atoms. The number of para-hydroxylation sites is 1.